The number of ether oxygens (including phenoxy) is 1. The minimum Gasteiger partial charge on any atom is -0.457 e. The molecule has 3 aromatic rings. The smallest absolute Gasteiger partial charge is 0.237 e. The third-order valence-electron chi connectivity index (χ3n) is 8.14. The molecule has 0 saturated carbocycles. The summed E-state index contributed by atoms with van der Waals surface area (Å²) in [6.07, 6.45) is 6.56. The van der Waals surface area contributed by atoms with Gasteiger partial charge < -0.3 is 15.4 Å². The molecule has 3 aliphatic rings. The molecule has 2 N–H and O–H groups in total. The fraction of sp³-hybridized carbons (Fsp3) is 0.258. The number of hydrogen-bond acceptors (Lipinski definition) is 4. The van der Waals surface area contributed by atoms with Crippen LogP contribution < -0.4 is 20.8 Å². The number of allylic oxidation sites excluding steroid dienone is 4. The monoisotopic (exact) mass is 571 g/mol. The van der Waals surface area contributed by atoms with Crippen molar-refractivity contribution in [2.24, 2.45) is 11.8 Å². The van der Waals surface area contributed by atoms with Gasteiger partial charge in [-0.3, -0.25) is 14.6 Å². The van der Waals surface area contributed by atoms with E-state index in [1.54, 1.807) is 12.1 Å². The highest BCUT2D eigenvalue weighted by Gasteiger charge is 2.62. The highest BCUT2D eigenvalue weighted by atomic mass is 35.5. The van der Waals surface area contributed by atoms with Crippen molar-refractivity contribution in [3.63, 3.8) is 0 Å². The van der Waals surface area contributed by atoms with E-state index < -0.39 is 11.5 Å². The van der Waals surface area contributed by atoms with E-state index in [1.165, 1.54) is 0 Å². The Bertz CT molecular complexity index is 1600. The predicted molar refractivity (Wildman–Crippen MR) is 160 cm³/mol. The molecule has 1 aromatic heterocycles. The zero-order valence-electron chi connectivity index (χ0n) is 22.4. The average Bonchev–Trinajstić information content (AvgIpc) is 3.16. The van der Waals surface area contributed by atoms with Crippen molar-refractivity contribution < 1.29 is 14.3 Å². The molecule has 4 atom stereocenters. The lowest BCUT2D eigenvalue weighted by atomic mass is 9.56. The molecular formula is C31H28BCl2N3O3. The van der Waals surface area contributed by atoms with Crippen LogP contribution in [0.2, 0.25) is 5.02 Å². The molecule has 3 heterocycles. The van der Waals surface area contributed by atoms with Gasteiger partial charge in [0.05, 0.1) is 6.04 Å². The van der Waals surface area contributed by atoms with E-state index in [1.807, 2.05) is 70.2 Å². The van der Waals surface area contributed by atoms with E-state index in [2.05, 4.69) is 21.7 Å². The molecule has 0 radical (unpaired) electrons. The Morgan fingerprint density at radius 2 is 1.80 bits per heavy atom. The topological polar surface area (TPSA) is 80.3 Å². The number of carbonyl (C=O) groups excluding carboxylic acids is 2. The van der Waals surface area contributed by atoms with E-state index in [0.717, 1.165) is 28.0 Å². The number of pyridine rings is 1. The molecule has 1 spiro atoms. The number of piperidine rings is 1. The SMILES string of the molecule is Bc1ccc(Oc2cc(C)nc(C)c2)c([C@H]2NC(=O)CC([C@@H]3C=CC=C(Cl)C3)[C@]23C(=O)Nc2cc(Cl)ccc23)c1. The standard InChI is InChI=1S/C31H28BCl2N3O3/c1-16-10-22(11-17(2)35-16)40-27-9-6-19(32)13-23(27)29-31(24-8-7-21(34)14-26(24)36-30(31)39)25(15-28(38)37-29)18-4-3-5-20(33)12-18/h3-11,13-14,18,25,29H,12,15,32H2,1-2H3,(H,36,39)(H,37,38)/t18-,25?,29-,31+/m1/s1. The second-order valence-corrected chi connectivity index (χ2v) is 11.8. The van der Waals surface area contributed by atoms with Crippen LogP contribution in [0.4, 0.5) is 5.69 Å². The van der Waals surface area contributed by atoms with Crippen molar-refractivity contribution in [1.82, 2.24) is 10.3 Å². The Morgan fingerprint density at radius 1 is 1.02 bits per heavy atom. The van der Waals surface area contributed by atoms with Crippen molar-refractivity contribution in [3.8, 4) is 11.5 Å². The van der Waals surface area contributed by atoms with Crippen LogP contribution in [-0.2, 0) is 15.0 Å². The van der Waals surface area contributed by atoms with Crippen LogP contribution in [0.15, 0.2) is 71.8 Å². The first-order valence-corrected chi connectivity index (χ1v) is 14.1. The number of fused-ring (bicyclic) bond motifs is 2. The fourth-order valence-electron chi connectivity index (χ4n) is 6.61. The van der Waals surface area contributed by atoms with Gasteiger partial charge in [0.25, 0.3) is 0 Å². The lowest BCUT2D eigenvalue weighted by Crippen LogP contribution is -2.59. The lowest BCUT2D eigenvalue weighted by molar-refractivity contribution is -0.135. The summed E-state index contributed by atoms with van der Waals surface area (Å²) in [5.74, 6) is 0.399. The predicted octanol–water partition coefficient (Wildman–Crippen LogP) is 5.17. The number of aromatic nitrogens is 1. The van der Waals surface area contributed by atoms with Gasteiger partial charge in [-0.2, -0.15) is 0 Å². The number of aryl methyl sites for hydroxylation is 2. The Labute approximate surface area is 244 Å². The molecule has 2 aliphatic heterocycles. The molecule has 2 amide bonds. The number of benzene rings is 2. The maximum absolute atomic E-state index is 14.4. The number of amides is 2. The molecular weight excluding hydrogens is 544 g/mol. The van der Waals surface area contributed by atoms with Gasteiger partial charge in [0.2, 0.25) is 11.8 Å². The van der Waals surface area contributed by atoms with Crippen molar-refractivity contribution in [2.75, 3.05) is 5.32 Å². The highest BCUT2D eigenvalue weighted by molar-refractivity contribution is 6.32. The first-order valence-electron chi connectivity index (χ1n) is 13.3. The van der Waals surface area contributed by atoms with Crippen molar-refractivity contribution >= 4 is 54.0 Å². The van der Waals surface area contributed by atoms with Gasteiger partial charge in [0, 0.05) is 51.2 Å². The van der Waals surface area contributed by atoms with E-state index in [9.17, 15) is 9.59 Å². The first-order chi connectivity index (χ1) is 19.1. The fourth-order valence-corrected chi connectivity index (χ4v) is 7.04. The molecule has 1 saturated heterocycles. The maximum atomic E-state index is 14.4. The summed E-state index contributed by atoms with van der Waals surface area (Å²) >= 11 is 12.9. The Morgan fingerprint density at radius 3 is 2.55 bits per heavy atom. The zero-order chi connectivity index (χ0) is 28.2. The Kier molecular flexibility index (Phi) is 6.75. The van der Waals surface area contributed by atoms with Crippen LogP contribution in [0.5, 0.6) is 11.5 Å². The lowest BCUT2D eigenvalue weighted by Gasteiger charge is -2.49. The van der Waals surface area contributed by atoms with Crippen LogP contribution in [0.25, 0.3) is 0 Å². The summed E-state index contributed by atoms with van der Waals surface area (Å²) in [6.45, 7) is 3.83. The summed E-state index contributed by atoms with van der Waals surface area (Å²) in [5.41, 5.74) is 3.70. The molecule has 2 aromatic carbocycles. The summed E-state index contributed by atoms with van der Waals surface area (Å²) in [4.78, 5) is 32.3. The highest BCUT2D eigenvalue weighted by Crippen LogP contribution is 2.58. The van der Waals surface area contributed by atoms with Gasteiger partial charge in [-0.25, -0.2) is 0 Å². The van der Waals surface area contributed by atoms with Crippen LogP contribution in [0.3, 0.4) is 0 Å². The van der Waals surface area contributed by atoms with Gasteiger partial charge in [-0.05, 0) is 61.9 Å². The maximum Gasteiger partial charge on any atom is 0.237 e. The van der Waals surface area contributed by atoms with Crippen LogP contribution >= 0.6 is 23.2 Å². The zero-order valence-corrected chi connectivity index (χ0v) is 23.9. The van der Waals surface area contributed by atoms with E-state index in [4.69, 9.17) is 27.9 Å². The number of rotatable bonds is 4. The van der Waals surface area contributed by atoms with Crippen molar-refractivity contribution in [2.45, 2.75) is 38.1 Å². The molecule has 1 unspecified atom stereocenters. The number of halogens is 2. The number of hydrogen-bond donors (Lipinski definition) is 2. The van der Waals surface area contributed by atoms with Gasteiger partial charge in [0.15, 0.2) is 0 Å². The summed E-state index contributed by atoms with van der Waals surface area (Å²) in [7, 11) is 1.99. The number of nitrogens with one attached hydrogen (secondary N) is 2. The first kappa shape index (κ1) is 26.7. The largest absolute Gasteiger partial charge is 0.457 e. The van der Waals surface area contributed by atoms with Gasteiger partial charge in [-0.1, -0.05) is 59.0 Å². The second kappa shape index (κ2) is 10.1. The van der Waals surface area contributed by atoms with Crippen molar-refractivity contribution in [1.29, 1.82) is 0 Å². The molecule has 6 nitrogen and oxygen atoms in total. The minimum absolute atomic E-state index is 0.127. The van der Waals surface area contributed by atoms with Crippen molar-refractivity contribution in [3.05, 3.63) is 99.3 Å². The summed E-state index contributed by atoms with van der Waals surface area (Å²) in [6, 6.07) is 14.4. The van der Waals surface area contributed by atoms with Crippen LogP contribution in [0.1, 0.15) is 41.4 Å². The second-order valence-electron chi connectivity index (χ2n) is 10.9. The van der Waals surface area contributed by atoms with E-state index in [-0.39, 0.29) is 30.1 Å². The molecule has 40 heavy (non-hydrogen) atoms. The van der Waals surface area contributed by atoms with Crippen LogP contribution in [-0.4, -0.2) is 24.6 Å². The Hall–Kier alpha value is -3.55. The minimum atomic E-state index is -1.13. The molecule has 9 heteroatoms. The number of anilines is 1. The molecule has 6 rings (SSSR count). The Balaban J connectivity index is 1.57. The molecule has 0 bridgehead atoms. The quantitative estimate of drug-likeness (QED) is 0.423. The van der Waals surface area contributed by atoms with E-state index in [0.29, 0.717) is 33.7 Å². The van der Waals surface area contributed by atoms with Gasteiger partial charge in [-0.15, -0.1) is 0 Å². The van der Waals surface area contributed by atoms with E-state index >= 15 is 0 Å². The normalized spacial score (nSPS) is 25.3. The number of nitrogens with zero attached hydrogens (tertiary/aromatic N) is 1. The van der Waals surface area contributed by atoms with Gasteiger partial charge in [0.1, 0.15) is 24.8 Å². The third-order valence-corrected chi connectivity index (χ3v) is 8.66. The summed E-state index contributed by atoms with van der Waals surface area (Å²) in [5, 5.41) is 7.53. The summed E-state index contributed by atoms with van der Waals surface area (Å²) < 4.78 is 6.47. The van der Waals surface area contributed by atoms with Gasteiger partial charge >= 0.3 is 0 Å². The molecule has 1 fully saturated rings. The van der Waals surface area contributed by atoms with Crippen LogP contribution in [0, 0.1) is 25.7 Å². The average molecular weight is 572 g/mol. The third kappa shape index (κ3) is 4.51. The molecule has 1 aliphatic carbocycles. The number of carbonyl (C=O) groups is 2. The molecule has 202 valence electrons.